The molecule has 7 heteroatoms. The summed E-state index contributed by atoms with van der Waals surface area (Å²) >= 11 is 3.42. The second kappa shape index (κ2) is 9.83. The Balaban J connectivity index is 1.77. The Morgan fingerprint density at radius 1 is 1.15 bits per heavy atom. The van der Waals surface area contributed by atoms with Gasteiger partial charge in [-0.15, -0.1) is 0 Å². The number of unbranched alkanes of at least 4 members (excludes halogenated alkanes) is 1. The molecule has 4 rings (SSSR count). The first kappa shape index (κ1) is 23.1. The summed E-state index contributed by atoms with van der Waals surface area (Å²) in [5.74, 6) is -0.836. The maximum absolute atomic E-state index is 13.6. The van der Waals surface area contributed by atoms with Gasteiger partial charge in [0.2, 0.25) is 5.78 Å². The number of rotatable bonds is 9. The number of nitrogens with zero attached hydrogens (tertiary/aromatic N) is 1. The average Bonchev–Trinajstić information content (AvgIpc) is 3.34. The van der Waals surface area contributed by atoms with Crippen molar-refractivity contribution in [3.63, 3.8) is 0 Å². The second-order valence-electron chi connectivity index (χ2n) is 8.06. The monoisotopic (exact) mass is 511 g/mol. The van der Waals surface area contributed by atoms with Crippen LogP contribution in [0.4, 0.5) is 0 Å². The van der Waals surface area contributed by atoms with Gasteiger partial charge < -0.3 is 19.2 Å². The molecule has 1 atom stereocenters. The summed E-state index contributed by atoms with van der Waals surface area (Å²) in [6.07, 6.45) is 2.49. The Morgan fingerprint density at radius 3 is 2.73 bits per heavy atom. The van der Waals surface area contributed by atoms with Crippen LogP contribution in [0.2, 0.25) is 0 Å². The summed E-state index contributed by atoms with van der Waals surface area (Å²) < 4.78 is 12.4. The van der Waals surface area contributed by atoms with Gasteiger partial charge >= 0.3 is 0 Å². The summed E-state index contributed by atoms with van der Waals surface area (Å²) in [6, 6.07) is 13.7. The summed E-state index contributed by atoms with van der Waals surface area (Å²) in [7, 11) is 0. The summed E-state index contributed by atoms with van der Waals surface area (Å²) in [5.41, 5.74) is 1.29. The molecule has 1 aliphatic heterocycles. The maximum atomic E-state index is 13.6. The number of hydrogen-bond acceptors (Lipinski definition) is 5. The smallest absolute Gasteiger partial charge is 0.290 e. The molecular formula is C26H26BrNO5. The van der Waals surface area contributed by atoms with Crippen molar-refractivity contribution in [1.29, 1.82) is 0 Å². The van der Waals surface area contributed by atoms with Gasteiger partial charge in [0.25, 0.3) is 5.91 Å². The number of aliphatic hydroxyl groups is 1. The number of furan rings is 1. The first-order chi connectivity index (χ1) is 15.9. The molecule has 1 aromatic heterocycles. The number of carbonyl (C=O) groups is 2. The third-order valence-corrected chi connectivity index (χ3v) is 6.14. The van der Waals surface area contributed by atoms with E-state index in [0.717, 1.165) is 29.1 Å². The normalized spacial score (nSPS) is 16.2. The summed E-state index contributed by atoms with van der Waals surface area (Å²) in [6.45, 7) is 5.04. The standard InChI is InChI=1S/C26H26BrNO5/c1-3-5-11-28-23(16-7-6-8-19(14-16)32-12-4-2)22(25(30)26(28)31)24(29)21-15-17-13-18(27)9-10-20(17)33-21/h6-10,13-15,23,30H,3-5,11-12H2,1-2H3. The third kappa shape index (κ3) is 4.55. The molecule has 3 aromatic rings. The molecule has 1 amide bonds. The van der Waals surface area contributed by atoms with Crippen LogP contribution in [-0.4, -0.2) is 34.8 Å². The molecule has 1 N–H and O–H groups in total. The average molecular weight is 512 g/mol. The fraction of sp³-hybridized carbons (Fsp3) is 0.308. The van der Waals surface area contributed by atoms with Crippen LogP contribution < -0.4 is 4.74 Å². The lowest BCUT2D eigenvalue weighted by Gasteiger charge is -2.27. The highest BCUT2D eigenvalue weighted by atomic mass is 79.9. The van der Waals surface area contributed by atoms with E-state index in [-0.39, 0.29) is 11.3 Å². The predicted octanol–water partition coefficient (Wildman–Crippen LogP) is 6.36. The van der Waals surface area contributed by atoms with Crippen molar-refractivity contribution in [3.05, 3.63) is 75.7 Å². The lowest BCUT2D eigenvalue weighted by atomic mass is 9.94. The van der Waals surface area contributed by atoms with Gasteiger partial charge in [0.1, 0.15) is 11.3 Å². The number of hydrogen-bond donors (Lipinski definition) is 1. The fourth-order valence-corrected chi connectivity index (χ4v) is 4.42. The zero-order valence-electron chi connectivity index (χ0n) is 18.6. The van der Waals surface area contributed by atoms with Crippen molar-refractivity contribution in [2.24, 2.45) is 0 Å². The zero-order chi connectivity index (χ0) is 23.5. The number of ketones is 1. The van der Waals surface area contributed by atoms with E-state index in [0.29, 0.717) is 30.0 Å². The zero-order valence-corrected chi connectivity index (χ0v) is 20.2. The van der Waals surface area contributed by atoms with E-state index in [9.17, 15) is 14.7 Å². The molecule has 0 aliphatic carbocycles. The van der Waals surface area contributed by atoms with E-state index in [4.69, 9.17) is 9.15 Å². The van der Waals surface area contributed by atoms with E-state index < -0.39 is 23.5 Å². The summed E-state index contributed by atoms with van der Waals surface area (Å²) in [5, 5.41) is 11.6. The Bertz CT molecular complexity index is 1230. The van der Waals surface area contributed by atoms with Gasteiger partial charge in [-0.2, -0.15) is 0 Å². The third-order valence-electron chi connectivity index (χ3n) is 5.65. The van der Waals surface area contributed by atoms with Crippen molar-refractivity contribution < 1.29 is 23.8 Å². The van der Waals surface area contributed by atoms with Crippen LogP contribution in [0.3, 0.4) is 0 Å². The minimum atomic E-state index is -0.721. The molecule has 1 unspecified atom stereocenters. The predicted molar refractivity (Wildman–Crippen MR) is 129 cm³/mol. The SMILES string of the molecule is CCCCN1C(=O)C(O)=C(C(=O)c2cc3cc(Br)ccc3o2)C1c1cccc(OCCC)c1. The van der Waals surface area contributed by atoms with Gasteiger partial charge in [-0.05, 0) is 54.8 Å². The number of fused-ring (bicyclic) bond motifs is 1. The number of aliphatic hydroxyl groups excluding tert-OH is 1. The minimum Gasteiger partial charge on any atom is -0.503 e. The van der Waals surface area contributed by atoms with Crippen molar-refractivity contribution in [2.45, 2.75) is 39.2 Å². The van der Waals surface area contributed by atoms with Crippen LogP contribution in [0.15, 0.2) is 68.8 Å². The highest BCUT2D eigenvalue weighted by molar-refractivity contribution is 9.10. The Morgan fingerprint density at radius 2 is 1.97 bits per heavy atom. The lowest BCUT2D eigenvalue weighted by molar-refractivity contribution is -0.129. The number of halogens is 1. The van der Waals surface area contributed by atoms with Gasteiger partial charge in [-0.25, -0.2) is 0 Å². The molecule has 2 heterocycles. The molecule has 0 radical (unpaired) electrons. The van der Waals surface area contributed by atoms with Crippen molar-refractivity contribution >= 4 is 38.6 Å². The number of benzene rings is 2. The number of carbonyl (C=O) groups excluding carboxylic acids is 2. The highest BCUT2D eigenvalue weighted by Crippen LogP contribution is 2.40. The topological polar surface area (TPSA) is 80.0 Å². The Hall–Kier alpha value is -3.06. The first-order valence-corrected chi connectivity index (χ1v) is 11.9. The fourth-order valence-electron chi connectivity index (χ4n) is 4.04. The number of amides is 1. The van der Waals surface area contributed by atoms with E-state index in [2.05, 4.69) is 15.9 Å². The van der Waals surface area contributed by atoms with Gasteiger partial charge in [0.05, 0.1) is 18.2 Å². The van der Waals surface area contributed by atoms with Gasteiger partial charge in [-0.1, -0.05) is 48.3 Å². The minimum absolute atomic E-state index is 0.0295. The molecule has 0 fully saturated rings. The molecule has 6 nitrogen and oxygen atoms in total. The van der Waals surface area contributed by atoms with Crippen LogP contribution in [-0.2, 0) is 4.79 Å². The number of Topliss-reactive ketones (excluding diaryl/α,β-unsaturated/α-hetero) is 1. The first-order valence-electron chi connectivity index (χ1n) is 11.1. The molecule has 0 saturated carbocycles. The van der Waals surface area contributed by atoms with Crippen LogP contribution in [0.25, 0.3) is 11.0 Å². The quantitative estimate of drug-likeness (QED) is 0.338. The van der Waals surface area contributed by atoms with E-state index >= 15 is 0 Å². The molecule has 0 bridgehead atoms. The van der Waals surface area contributed by atoms with Crippen LogP contribution >= 0.6 is 15.9 Å². The van der Waals surface area contributed by atoms with Crippen molar-refractivity contribution in [3.8, 4) is 5.75 Å². The second-order valence-corrected chi connectivity index (χ2v) is 8.98. The Kier molecular flexibility index (Phi) is 6.88. The number of ether oxygens (including phenoxy) is 1. The van der Waals surface area contributed by atoms with E-state index in [1.807, 2.05) is 50.2 Å². The summed E-state index contributed by atoms with van der Waals surface area (Å²) in [4.78, 5) is 28.2. The molecule has 0 saturated heterocycles. The molecule has 172 valence electrons. The van der Waals surface area contributed by atoms with Crippen LogP contribution in [0.1, 0.15) is 55.3 Å². The maximum Gasteiger partial charge on any atom is 0.290 e. The Labute approximate surface area is 201 Å². The van der Waals surface area contributed by atoms with Gasteiger partial charge in [0, 0.05) is 16.4 Å². The van der Waals surface area contributed by atoms with Crippen LogP contribution in [0, 0.1) is 0 Å². The van der Waals surface area contributed by atoms with E-state index in [1.54, 1.807) is 17.0 Å². The van der Waals surface area contributed by atoms with Crippen molar-refractivity contribution in [2.75, 3.05) is 13.2 Å². The van der Waals surface area contributed by atoms with Gasteiger partial charge in [-0.3, -0.25) is 9.59 Å². The highest BCUT2D eigenvalue weighted by Gasteiger charge is 2.44. The molecule has 0 spiro atoms. The molecule has 1 aliphatic rings. The van der Waals surface area contributed by atoms with Gasteiger partial charge in [0.15, 0.2) is 11.5 Å². The molecular weight excluding hydrogens is 486 g/mol. The van der Waals surface area contributed by atoms with Crippen LogP contribution in [0.5, 0.6) is 5.75 Å². The molecule has 2 aromatic carbocycles. The lowest BCUT2D eigenvalue weighted by Crippen LogP contribution is -2.32. The van der Waals surface area contributed by atoms with Crippen molar-refractivity contribution in [1.82, 2.24) is 4.90 Å². The largest absolute Gasteiger partial charge is 0.503 e. The molecule has 33 heavy (non-hydrogen) atoms. The van der Waals surface area contributed by atoms with E-state index in [1.165, 1.54) is 0 Å².